The fraction of sp³-hybridized carbons (Fsp3) is 0.188. The molecule has 3 rings (SSSR count). The van der Waals surface area contributed by atoms with Crippen molar-refractivity contribution in [1.29, 1.82) is 0 Å². The normalized spacial score (nSPS) is 18.5. The summed E-state index contributed by atoms with van der Waals surface area (Å²) in [6, 6.07) is 3.15. The van der Waals surface area contributed by atoms with Crippen molar-refractivity contribution in [2.24, 2.45) is 0 Å². The van der Waals surface area contributed by atoms with E-state index in [-0.39, 0.29) is 0 Å². The van der Waals surface area contributed by atoms with Crippen LogP contribution in [0.4, 0.5) is 35.1 Å². The molecule has 2 nitrogen and oxygen atoms in total. The highest BCUT2D eigenvalue weighted by Crippen LogP contribution is 2.54. The molecule has 0 radical (unpaired) electrons. The lowest BCUT2D eigenvalue weighted by Gasteiger charge is -2.15. The van der Waals surface area contributed by atoms with E-state index in [1.54, 1.807) is 0 Å². The Hall–Kier alpha value is -2.30. The third-order valence-corrected chi connectivity index (χ3v) is 4.35. The van der Waals surface area contributed by atoms with E-state index in [9.17, 15) is 39.9 Å². The summed E-state index contributed by atoms with van der Waals surface area (Å²) in [6.07, 6.45) is -3.28. The van der Waals surface area contributed by atoms with Crippen LogP contribution < -0.4 is 4.74 Å². The van der Waals surface area contributed by atoms with E-state index in [4.69, 9.17) is 4.74 Å². The summed E-state index contributed by atoms with van der Waals surface area (Å²) in [7, 11) is 0. The van der Waals surface area contributed by atoms with Gasteiger partial charge in [0, 0.05) is 34.2 Å². The fourth-order valence-electron chi connectivity index (χ4n) is 2.54. The van der Waals surface area contributed by atoms with E-state index in [0.29, 0.717) is 24.3 Å². The van der Waals surface area contributed by atoms with Gasteiger partial charge in [0.05, 0.1) is 0 Å². The minimum atomic E-state index is -4.92. The first-order valence-corrected chi connectivity index (χ1v) is 7.85. The lowest BCUT2D eigenvalue weighted by atomic mass is 10.1. The van der Waals surface area contributed by atoms with Crippen molar-refractivity contribution in [1.82, 2.24) is 0 Å². The van der Waals surface area contributed by atoms with Gasteiger partial charge in [0.15, 0.2) is 0 Å². The lowest BCUT2D eigenvalue weighted by molar-refractivity contribution is -0.0369. The highest BCUT2D eigenvalue weighted by molar-refractivity contribution is 8.00. The number of rotatable bonds is 3. The number of halogens is 8. The Kier molecular flexibility index (Phi) is 4.61. The SMILES string of the molecule is O=C1c2c(SC(F)(F)F)ccc(Oc3cc(F)cc(F)c3)c2[C@@H](F)C1(F)F. The zero-order valence-electron chi connectivity index (χ0n) is 12.7. The standard InChI is InChI=1S/C16H6F8O2S/c17-6-3-7(18)5-8(4-6)26-9-1-2-10(27-16(22,23)24)12-11(9)13(19)15(20,21)14(12)25/h1-5,13H/t13-/m1/s1. The summed E-state index contributed by atoms with van der Waals surface area (Å²) in [5.74, 6) is -10.2. The molecule has 1 aliphatic carbocycles. The first kappa shape index (κ1) is 19.5. The van der Waals surface area contributed by atoms with Gasteiger partial charge in [-0.15, -0.1) is 0 Å². The second kappa shape index (κ2) is 6.39. The number of alkyl halides is 6. The molecule has 0 unspecified atom stereocenters. The van der Waals surface area contributed by atoms with Crippen molar-refractivity contribution in [3.8, 4) is 11.5 Å². The molecule has 144 valence electrons. The number of hydrogen-bond acceptors (Lipinski definition) is 3. The number of carbonyl (C=O) groups is 1. The predicted octanol–water partition coefficient (Wildman–Crippen LogP) is 6.21. The van der Waals surface area contributed by atoms with Crippen molar-refractivity contribution < 1.29 is 44.7 Å². The van der Waals surface area contributed by atoms with E-state index in [2.05, 4.69) is 0 Å². The number of thioether (sulfide) groups is 1. The van der Waals surface area contributed by atoms with Crippen LogP contribution in [-0.4, -0.2) is 17.2 Å². The van der Waals surface area contributed by atoms with Crippen molar-refractivity contribution >= 4 is 17.5 Å². The largest absolute Gasteiger partial charge is 0.457 e. The molecule has 0 saturated carbocycles. The highest BCUT2D eigenvalue weighted by atomic mass is 32.2. The van der Waals surface area contributed by atoms with Gasteiger partial charge in [0.1, 0.15) is 23.1 Å². The summed E-state index contributed by atoms with van der Waals surface area (Å²) in [5.41, 5.74) is -7.21. The van der Waals surface area contributed by atoms with E-state index in [1.807, 2.05) is 0 Å². The van der Waals surface area contributed by atoms with Crippen molar-refractivity contribution in [2.75, 3.05) is 0 Å². The Morgan fingerprint density at radius 2 is 1.63 bits per heavy atom. The van der Waals surface area contributed by atoms with Crippen molar-refractivity contribution in [2.45, 2.75) is 22.5 Å². The molecule has 0 aromatic heterocycles. The van der Waals surface area contributed by atoms with Gasteiger partial charge in [-0.05, 0) is 23.9 Å². The first-order chi connectivity index (χ1) is 12.4. The predicted molar refractivity (Wildman–Crippen MR) is 77.9 cm³/mol. The first-order valence-electron chi connectivity index (χ1n) is 7.03. The molecule has 0 amide bonds. The summed E-state index contributed by atoms with van der Waals surface area (Å²) in [6.45, 7) is 0. The Bertz CT molecular complexity index is 905. The topological polar surface area (TPSA) is 26.3 Å². The van der Waals surface area contributed by atoms with Gasteiger partial charge < -0.3 is 4.74 Å². The maximum absolute atomic E-state index is 14.2. The molecule has 0 spiro atoms. The molecule has 0 aliphatic heterocycles. The van der Waals surface area contributed by atoms with Gasteiger partial charge in [-0.3, -0.25) is 4.79 Å². The smallest absolute Gasteiger partial charge is 0.446 e. The van der Waals surface area contributed by atoms with Crippen LogP contribution in [0.5, 0.6) is 11.5 Å². The van der Waals surface area contributed by atoms with Crippen LogP contribution in [0, 0.1) is 11.6 Å². The lowest BCUT2D eigenvalue weighted by Crippen LogP contribution is -2.26. The average molecular weight is 414 g/mol. The van der Waals surface area contributed by atoms with Crippen LogP contribution in [0.15, 0.2) is 35.2 Å². The van der Waals surface area contributed by atoms with E-state index in [0.717, 1.165) is 6.07 Å². The van der Waals surface area contributed by atoms with Gasteiger partial charge in [0.25, 0.3) is 0 Å². The molecular formula is C16H6F8O2S. The number of ketones is 1. The van der Waals surface area contributed by atoms with Gasteiger partial charge in [0.2, 0.25) is 12.0 Å². The summed E-state index contributed by atoms with van der Waals surface area (Å²) in [4.78, 5) is 10.9. The maximum Gasteiger partial charge on any atom is 0.446 e. The van der Waals surface area contributed by atoms with E-state index >= 15 is 0 Å². The molecular weight excluding hydrogens is 408 g/mol. The Morgan fingerprint density at radius 1 is 1.04 bits per heavy atom. The van der Waals surface area contributed by atoms with E-state index in [1.165, 1.54) is 0 Å². The number of fused-ring (bicyclic) bond motifs is 1. The van der Waals surface area contributed by atoms with Crippen LogP contribution in [0.2, 0.25) is 0 Å². The highest BCUT2D eigenvalue weighted by Gasteiger charge is 2.59. The third kappa shape index (κ3) is 3.60. The van der Waals surface area contributed by atoms with Crippen LogP contribution >= 0.6 is 11.8 Å². The molecule has 0 N–H and O–H groups in total. The Labute approximate surface area is 150 Å². The summed E-state index contributed by atoms with van der Waals surface area (Å²) < 4.78 is 111. The molecule has 27 heavy (non-hydrogen) atoms. The molecule has 0 fully saturated rings. The van der Waals surface area contributed by atoms with Gasteiger partial charge in [-0.25, -0.2) is 13.2 Å². The van der Waals surface area contributed by atoms with Crippen LogP contribution in [-0.2, 0) is 0 Å². The minimum absolute atomic E-state index is 0.482. The van der Waals surface area contributed by atoms with Gasteiger partial charge >= 0.3 is 11.4 Å². The van der Waals surface area contributed by atoms with Crippen LogP contribution in [0.1, 0.15) is 22.1 Å². The zero-order valence-corrected chi connectivity index (χ0v) is 13.5. The molecule has 0 heterocycles. The molecule has 2 aromatic rings. The molecule has 1 atom stereocenters. The monoisotopic (exact) mass is 414 g/mol. The van der Waals surface area contributed by atoms with E-state index < -0.39 is 74.3 Å². The Morgan fingerprint density at radius 3 is 2.19 bits per heavy atom. The molecule has 0 saturated heterocycles. The zero-order chi connectivity index (χ0) is 20.1. The number of benzene rings is 2. The van der Waals surface area contributed by atoms with Gasteiger partial charge in [-0.1, -0.05) is 0 Å². The van der Waals surface area contributed by atoms with Crippen LogP contribution in [0.25, 0.3) is 0 Å². The fourth-order valence-corrected chi connectivity index (χ4v) is 3.23. The summed E-state index contributed by atoms with van der Waals surface area (Å²) >= 11 is -0.864. The second-order valence-corrected chi connectivity index (χ2v) is 6.53. The molecule has 1 aliphatic rings. The van der Waals surface area contributed by atoms with Gasteiger partial charge in [-0.2, -0.15) is 22.0 Å². The maximum atomic E-state index is 14.2. The molecule has 11 heteroatoms. The van der Waals surface area contributed by atoms with Crippen molar-refractivity contribution in [3.63, 3.8) is 0 Å². The minimum Gasteiger partial charge on any atom is -0.457 e. The average Bonchev–Trinajstić information content (AvgIpc) is 2.69. The summed E-state index contributed by atoms with van der Waals surface area (Å²) in [5, 5.41) is 0. The second-order valence-electron chi connectivity index (χ2n) is 5.42. The molecule has 2 aromatic carbocycles. The molecule has 0 bridgehead atoms. The number of carbonyl (C=O) groups excluding carboxylic acids is 1. The quantitative estimate of drug-likeness (QED) is 0.441. The van der Waals surface area contributed by atoms with Crippen molar-refractivity contribution in [3.05, 3.63) is 53.1 Å². The number of hydrogen-bond donors (Lipinski definition) is 0. The Balaban J connectivity index is 2.14. The number of ether oxygens (including phenoxy) is 1. The van der Waals surface area contributed by atoms with Crippen LogP contribution in [0.3, 0.4) is 0 Å². The third-order valence-electron chi connectivity index (χ3n) is 3.56. The number of Topliss-reactive ketones (excluding diaryl/α,β-unsaturated/α-hetero) is 1.